The van der Waals surface area contributed by atoms with Gasteiger partial charge in [0, 0.05) is 0 Å². The summed E-state index contributed by atoms with van der Waals surface area (Å²) < 4.78 is 50.3. The summed E-state index contributed by atoms with van der Waals surface area (Å²) in [6, 6.07) is 10.7. The lowest BCUT2D eigenvalue weighted by Gasteiger charge is -2.41. The zero-order chi connectivity index (χ0) is 25.0. The summed E-state index contributed by atoms with van der Waals surface area (Å²) in [5.41, 5.74) is 4.11. The van der Waals surface area contributed by atoms with Crippen molar-refractivity contribution in [2.45, 2.75) is 43.0 Å². The number of halogens is 1. The molecule has 11 heteroatoms. The van der Waals surface area contributed by atoms with Crippen LogP contribution in [0.3, 0.4) is 0 Å². The summed E-state index contributed by atoms with van der Waals surface area (Å²) in [6.45, 7) is 1.48. The molecule has 2 aromatic rings. The summed E-state index contributed by atoms with van der Waals surface area (Å²) in [4.78, 5) is 25.5. The highest BCUT2D eigenvalue weighted by Gasteiger charge is 2.62. The summed E-state index contributed by atoms with van der Waals surface area (Å²) >= 11 is 0. The van der Waals surface area contributed by atoms with Gasteiger partial charge in [0.15, 0.2) is 9.84 Å². The Labute approximate surface area is 196 Å². The van der Waals surface area contributed by atoms with Crippen LogP contribution in [0, 0.1) is 11.2 Å². The van der Waals surface area contributed by atoms with E-state index in [4.69, 9.17) is 15.2 Å². The smallest absolute Gasteiger partial charge is 0.328 e. The average Bonchev–Trinajstić information content (AvgIpc) is 3.32. The van der Waals surface area contributed by atoms with Crippen LogP contribution < -0.4 is 16.0 Å². The molecule has 0 spiro atoms. The van der Waals surface area contributed by atoms with Crippen molar-refractivity contribution >= 4 is 21.7 Å². The summed E-state index contributed by atoms with van der Waals surface area (Å²) in [5, 5.41) is 9.33. The molecular weight excluding hydrogens is 467 g/mol. The molecule has 1 amide bonds. The highest BCUT2D eigenvalue weighted by Crippen LogP contribution is 2.47. The van der Waals surface area contributed by atoms with Gasteiger partial charge in [0.2, 0.25) is 0 Å². The van der Waals surface area contributed by atoms with E-state index in [0.29, 0.717) is 24.3 Å². The van der Waals surface area contributed by atoms with E-state index in [9.17, 15) is 27.6 Å². The zero-order valence-electron chi connectivity index (χ0n) is 18.6. The Morgan fingerprint density at radius 2 is 1.62 bits per heavy atom. The molecule has 0 radical (unpaired) electrons. The van der Waals surface area contributed by atoms with Crippen LogP contribution in [0.25, 0.3) is 0 Å². The summed E-state index contributed by atoms with van der Waals surface area (Å²) in [6.07, 6.45) is 1.30. The number of rotatable bonds is 9. The average molecular weight is 495 g/mol. The Kier molecular flexibility index (Phi) is 7.59. The molecule has 0 aliphatic heterocycles. The maximum atomic E-state index is 13.3. The standard InChI is InChI=1S/C23H27FN2O7S/c1-2-32-21(28)23(25,22(20(27)26-29)13-3-4-14-22)15-34(30,31)19-11-9-18(10-12-19)33-17-7-5-16(24)6-8-17/h5-12,29H,2-4,13-15,25H2,1H3,(H,26,27). The molecule has 0 heterocycles. The molecule has 1 aliphatic rings. The number of benzene rings is 2. The number of hydrogen-bond acceptors (Lipinski definition) is 8. The lowest BCUT2D eigenvalue weighted by molar-refractivity contribution is -0.162. The Balaban J connectivity index is 1.92. The Bertz CT molecular complexity index is 1130. The van der Waals surface area contributed by atoms with Gasteiger partial charge in [-0.25, -0.2) is 23.1 Å². The normalized spacial score (nSPS) is 16.9. The van der Waals surface area contributed by atoms with Crippen molar-refractivity contribution in [1.29, 1.82) is 0 Å². The van der Waals surface area contributed by atoms with Crippen LogP contribution in [-0.4, -0.2) is 43.4 Å². The van der Waals surface area contributed by atoms with Gasteiger partial charge in [-0.3, -0.25) is 10.0 Å². The second-order valence-corrected chi connectivity index (χ2v) is 10.2. The Morgan fingerprint density at radius 1 is 1.09 bits per heavy atom. The largest absolute Gasteiger partial charge is 0.465 e. The molecule has 0 saturated heterocycles. The van der Waals surface area contributed by atoms with Crippen molar-refractivity contribution < 1.29 is 37.1 Å². The number of nitrogens with two attached hydrogens (primary N) is 1. The van der Waals surface area contributed by atoms with Gasteiger partial charge in [0.1, 0.15) is 22.9 Å². The van der Waals surface area contributed by atoms with E-state index in [1.54, 1.807) is 12.4 Å². The lowest BCUT2D eigenvalue weighted by atomic mass is 9.68. The Hall–Kier alpha value is -3.02. The third kappa shape index (κ3) is 4.91. The van der Waals surface area contributed by atoms with E-state index in [-0.39, 0.29) is 24.3 Å². The minimum atomic E-state index is -4.19. The first-order chi connectivity index (χ1) is 16.1. The summed E-state index contributed by atoms with van der Waals surface area (Å²) in [7, 11) is -4.19. The Morgan fingerprint density at radius 3 is 2.12 bits per heavy atom. The first kappa shape index (κ1) is 25.6. The van der Waals surface area contributed by atoms with E-state index in [1.807, 2.05) is 0 Å². The first-order valence-electron chi connectivity index (χ1n) is 10.7. The molecule has 1 fully saturated rings. The van der Waals surface area contributed by atoms with Gasteiger partial charge in [-0.05, 0) is 68.3 Å². The van der Waals surface area contributed by atoms with Gasteiger partial charge in [-0.1, -0.05) is 12.8 Å². The van der Waals surface area contributed by atoms with E-state index in [0.717, 1.165) is 0 Å². The SMILES string of the molecule is CCOC(=O)C(N)(CS(=O)(=O)c1ccc(Oc2ccc(F)cc2)cc1)C1(C(=O)NO)CCCC1. The van der Waals surface area contributed by atoms with E-state index >= 15 is 0 Å². The van der Waals surface area contributed by atoms with Crippen LogP contribution in [0.2, 0.25) is 0 Å². The van der Waals surface area contributed by atoms with Crippen molar-refractivity contribution in [3.8, 4) is 11.5 Å². The molecule has 1 aliphatic carbocycles. The molecule has 184 valence electrons. The van der Waals surface area contributed by atoms with E-state index < -0.39 is 44.2 Å². The molecule has 4 N–H and O–H groups in total. The number of carbonyl (C=O) groups is 2. The molecular formula is C23H27FN2O7S. The maximum absolute atomic E-state index is 13.3. The van der Waals surface area contributed by atoms with Gasteiger partial charge >= 0.3 is 5.97 Å². The number of carbonyl (C=O) groups excluding carboxylic acids is 2. The van der Waals surface area contributed by atoms with Gasteiger partial charge < -0.3 is 15.2 Å². The molecule has 1 atom stereocenters. The third-order valence-electron chi connectivity index (χ3n) is 6.14. The number of sulfone groups is 1. The fourth-order valence-corrected chi connectivity index (χ4v) is 6.06. The fourth-order valence-electron chi connectivity index (χ4n) is 4.35. The van der Waals surface area contributed by atoms with Crippen LogP contribution >= 0.6 is 0 Å². The van der Waals surface area contributed by atoms with Gasteiger partial charge in [-0.15, -0.1) is 0 Å². The molecule has 3 rings (SSSR count). The second-order valence-electron chi connectivity index (χ2n) is 8.21. The molecule has 0 aromatic heterocycles. The number of esters is 1. The van der Waals surface area contributed by atoms with Gasteiger partial charge in [-0.2, -0.15) is 0 Å². The lowest BCUT2D eigenvalue weighted by Crippen LogP contribution is -2.68. The van der Waals surface area contributed by atoms with Crippen LogP contribution in [0.1, 0.15) is 32.6 Å². The molecule has 1 unspecified atom stereocenters. The van der Waals surface area contributed by atoms with Crippen LogP contribution in [0.15, 0.2) is 53.4 Å². The maximum Gasteiger partial charge on any atom is 0.328 e. The minimum absolute atomic E-state index is 0.0654. The number of nitrogens with one attached hydrogen (secondary N) is 1. The third-order valence-corrected chi connectivity index (χ3v) is 7.96. The predicted molar refractivity (Wildman–Crippen MR) is 119 cm³/mol. The molecule has 34 heavy (non-hydrogen) atoms. The molecule has 2 aromatic carbocycles. The summed E-state index contributed by atoms with van der Waals surface area (Å²) in [5.74, 6) is -2.60. The van der Waals surface area contributed by atoms with Crippen LogP contribution in [0.4, 0.5) is 4.39 Å². The van der Waals surface area contributed by atoms with Crippen molar-refractivity contribution in [2.24, 2.45) is 11.1 Å². The molecule has 9 nitrogen and oxygen atoms in total. The topological polar surface area (TPSA) is 145 Å². The van der Waals surface area contributed by atoms with Crippen LogP contribution in [0.5, 0.6) is 11.5 Å². The number of hydrogen-bond donors (Lipinski definition) is 3. The van der Waals surface area contributed by atoms with Gasteiger partial charge in [0.05, 0.1) is 22.7 Å². The van der Waals surface area contributed by atoms with Crippen LogP contribution in [-0.2, 0) is 24.2 Å². The number of amides is 1. The predicted octanol–water partition coefficient (Wildman–Crippen LogP) is 2.72. The molecule has 1 saturated carbocycles. The highest BCUT2D eigenvalue weighted by atomic mass is 32.2. The number of ether oxygens (including phenoxy) is 2. The minimum Gasteiger partial charge on any atom is -0.465 e. The quantitative estimate of drug-likeness (QED) is 0.274. The fraction of sp³-hybridized carbons (Fsp3) is 0.391. The van der Waals surface area contributed by atoms with E-state index in [2.05, 4.69) is 0 Å². The zero-order valence-corrected chi connectivity index (χ0v) is 19.4. The van der Waals surface area contributed by atoms with Crippen molar-refractivity contribution in [2.75, 3.05) is 12.4 Å². The second kappa shape index (κ2) is 10.1. The highest BCUT2D eigenvalue weighted by molar-refractivity contribution is 7.91. The van der Waals surface area contributed by atoms with Gasteiger partial charge in [0.25, 0.3) is 5.91 Å². The van der Waals surface area contributed by atoms with E-state index in [1.165, 1.54) is 48.5 Å². The number of hydroxylamine groups is 1. The molecule has 0 bridgehead atoms. The first-order valence-corrected chi connectivity index (χ1v) is 12.4. The van der Waals surface area contributed by atoms with Crippen molar-refractivity contribution in [1.82, 2.24) is 5.48 Å². The van der Waals surface area contributed by atoms with Crippen molar-refractivity contribution in [3.63, 3.8) is 0 Å². The monoisotopic (exact) mass is 494 g/mol. The van der Waals surface area contributed by atoms with Crippen molar-refractivity contribution in [3.05, 3.63) is 54.3 Å².